The summed E-state index contributed by atoms with van der Waals surface area (Å²) in [6.07, 6.45) is 0.359. The lowest BCUT2D eigenvalue weighted by atomic mass is 10.1. The Bertz CT molecular complexity index is 963. The van der Waals surface area contributed by atoms with E-state index >= 15 is 0 Å². The van der Waals surface area contributed by atoms with Gasteiger partial charge in [0.05, 0.1) is 12.1 Å². The molecule has 2 aromatic carbocycles. The zero-order chi connectivity index (χ0) is 17.4. The first-order valence-corrected chi connectivity index (χ1v) is 7.93. The van der Waals surface area contributed by atoms with E-state index in [1.807, 2.05) is 42.5 Å². The first kappa shape index (κ1) is 15.1. The standard InChI is InChI=1S/C19H16N4O2/c1-23-17-8-7-14(9-13(17)10-18(23)24)20-19(25)16-11-15(21-22-16)12-5-3-2-4-6-12/h2-9,11H,10H2,1H3,(H,20,25)(H,21,22). The number of anilines is 2. The summed E-state index contributed by atoms with van der Waals surface area (Å²) >= 11 is 0. The highest BCUT2D eigenvalue weighted by Crippen LogP contribution is 2.30. The quantitative estimate of drug-likeness (QED) is 0.774. The molecule has 0 radical (unpaired) electrons. The van der Waals surface area contributed by atoms with Crippen molar-refractivity contribution < 1.29 is 9.59 Å². The van der Waals surface area contributed by atoms with Crippen LogP contribution in [0.2, 0.25) is 0 Å². The molecular weight excluding hydrogens is 316 g/mol. The largest absolute Gasteiger partial charge is 0.321 e. The summed E-state index contributed by atoms with van der Waals surface area (Å²) in [6, 6.07) is 16.8. The summed E-state index contributed by atoms with van der Waals surface area (Å²) in [5.74, 6) is -0.216. The fourth-order valence-electron chi connectivity index (χ4n) is 2.94. The summed E-state index contributed by atoms with van der Waals surface area (Å²) in [5, 5.41) is 9.80. The van der Waals surface area contributed by atoms with Crippen molar-refractivity contribution in [1.29, 1.82) is 0 Å². The van der Waals surface area contributed by atoms with E-state index in [1.165, 1.54) is 0 Å². The third-order valence-electron chi connectivity index (χ3n) is 4.31. The molecule has 124 valence electrons. The SMILES string of the molecule is CN1C(=O)Cc2cc(NC(=O)c3cc(-c4ccccc4)n[nH]3)ccc21. The molecular formula is C19H16N4O2. The average Bonchev–Trinajstić information content (AvgIpc) is 3.22. The van der Waals surface area contributed by atoms with Crippen LogP contribution in [0.25, 0.3) is 11.3 Å². The molecule has 3 aromatic rings. The van der Waals surface area contributed by atoms with Crippen LogP contribution in [0.1, 0.15) is 16.1 Å². The van der Waals surface area contributed by atoms with Crippen LogP contribution in [0.5, 0.6) is 0 Å². The van der Waals surface area contributed by atoms with Gasteiger partial charge in [-0.2, -0.15) is 5.10 Å². The maximum atomic E-state index is 12.4. The number of amides is 2. The van der Waals surface area contributed by atoms with Gasteiger partial charge in [0.25, 0.3) is 5.91 Å². The van der Waals surface area contributed by atoms with Gasteiger partial charge in [-0.25, -0.2) is 0 Å². The lowest BCUT2D eigenvalue weighted by molar-refractivity contribution is -0.117. The number of likely N-dealkylation sites (N-methyl/N-ethyl adjacent to an activating group) is 1. The third-order valence-corrected chi connectivity index (χ3v) is 4.31. The fraction of sp³-hybridized carbons (Fsp3) is 0.105. The number of nitrogens with zero attached hydrogens (tertiary/aromatic N) is 2. The molecule has 4 rings (SSSR count). The van der Waals surface area contributed by atoms with E-state index in [9.17, 15) is 9.59 Å². The highest BCUT2D eigenvalue weighted by atomic mass is 16.2. The van der Waals surface area contributed by atoms with Crippen LogP contribution in [0.3, 0.4) is 0 Å². The Hall–Kier alpha value is -3.41. The van der Waals surface area contributed by atoms with Gasteiger partial charge in [0, 0.05) is 24.0 Å². The van der Waals surface area contributed by atoms with Crippen LogP contribution >= 0.6 is 0 Å². The number of nitrogens with one attached hydrogen (secondary N) is 2. The molecule has 1 aromatic heterocycles. The molecule has 2 amide bonds. The highest BCUT2D eigenvalue weighted by molar-refractivity contribution is 6.05. The van der Waals surface area contributed by atoms with Crippen molar-refractivity contribution in [2.24, 2.45) is 0 Å². The van der Waals surface area contributed by atoms with E-state index < -0.39 is 0 Å². The second kappa shape index (κ2) is 5.90. The van der Waals surface area contributed by atoms with Gasteiger partial charge >= 0.3 is 0 Å². The van der Waals surface area contributed by atoms with Crippen molar-refractivity contribution in [3.8, 4) is 11.3 Å². The van der Waals surface area contributed by atoms with Gasteiger partial charge in [-0.15, -0.1) is 0 Å². The maximum Gasteiger partial charge on any atom is 0.273 e. The molecule has 1 aliphatic heterocycles. The van der Waals surface area contributed by atoms with Gasteiger partial charge in [-0.05, 0) is 29.8 Å². The fourth-order valence-corrected chi connectivity index (χ4v) is 2.94. The number of hydrogen-bond acceptors (Lipinski definition) is 3. The highest BCUT2D eigenvalue weighted by Gasteiger charge is 2.24. The van der Waals surface area contributed by atoms with Gasteiger partial charge in [0.2, 0.25) is 5.91 Å². The Morgan fingerprint density at radius 2 is 1.96 bits per heavy atom. The predicted molar refractivity (Wildman–Crippen MR) is 95.5 cm³/mol. The lowest BCUT2D eigenvalue weighted by Gasteiger charge is -2.10. The Balaban J connectivity index is 1.53. The van der Waals surface area contributed by atoms with Crippen LogP contribution in [0.15, 0.2) is 54.6 Å². The molecule has 1 aliphatic rings. The number of fused-ring (bicyclic) bond motifs is 1. The molecule has 0 bridgehead atoms. The van der Waals surface area contributed by atoms with E-state index in [0.717, 1.165) is 16.8 Å². The predicted octanol–water partition coefficient (Wildman–Crippen LogP) is 2.85. The first-order valence-electron chi connectivity index (χ1n) is 7.93. The van der Waals surface area contributed by atoms with Gasteiger partial charge in [0.15, 0.2) is 0 Å². The average molecular weight is 332 g/mol. The third kappa shape index (κ3) is 2.78. The minimum absolute atomic E-state index is 0.0551. The number of H-pyrrole nitrogens is 1. The van der Waals surface area contributed by atoms with Crippen LogP contribution in [0, 0.1) is 0 Å². The topological polar surface area (TPSA) is 78.1 Å². The Morgan fingerprint density at radius 3 is 2.76 bits per heavy atom. The number of rotatable bonds is 3. The van der Waals surface area contributed by atoms with E-state index in [-0.39, 0.29) is 11.8 Å². The van der Waals surface area contributed by atoms with Crippen LogP contribution in [-0.4, -0.2) is 29.1 Å². The van der Waals surface area contributed by atoms with Crippen molar-refractivity contribution in [1.82, 2.24) is 10.2 Å². The number of aromatic nitrogens is 2. The Labute approximate surface area is 144 Å². The molecule has 0 spiro atoms. The molecule has 0 saturated heterocycles. The molecule has 0 unspecified atom stereocenters. The summed E-state index contributed by atoms with van der Waals surface area (Å²) in [4.78, 5) is 25.8. The minimum atomic E-state index is -0.271. The molecule has 6 nitrogen and oxygen atoms in total. The van der Waals surface area contributed by atoms with Gasteiger partial charge in [-0.3, -0.25) is 14.7 Å². The normalized spacial score (nSPS) is 13.0. The van der Waals surface area contributed by atoms with Crippen molar-refractivity contribution in [3.05, 3.63) is 65.9 Å². The van der Waals surface area contributed by atoms with Crippen molar-refractivity contribution in [2.75, 3.05) is 17.3 Å². The molecule has 2 heterocycles. The van der Waals surface area contributed by atoms with Crippen LogP contribution in [-0.2, 0) is 11.2 Å². The van der Waals surface area contributed by atoms with E-state index in [1.54, 1.807) is 24.1 Å². The minimum Gasteiger partial charge on any atom is -0.321 e. The molecule has 0 atom stereocenters. The zero-order valence-corrected chi connectivity index (χ0v) is 13.6. The summed E-state index contributed by atoms with van der Waals surface area (Å²) < 4.78 is 0. The molecule has 6 heteroatoms. The number of carbonyl (C=O) groups is 2. The summed E-state index contributed by atoms with van der Waals surface area (Å²) in [7, 11) is 1.75. The molecule has 25 heavy (non-hydrogen) atoms. The number of aromatic amines is 1. The Morgan fingerprint density at radius 1 is 1.16 bits per heavy atom. The Kier molecular flexibility index (Phi) is 3.57. The molecule has 0 aliphatic carbocycles. The monoisotopic (exact) mass is 332 g/mol. The smallest absolute Gasteiger partial charge is 0.273 e. The second-order valence-electron chi connectivity index (χ2n) is 5.96. The molecule has 0 fully saturated rings. The van der Waals surface area contributed by atoms with Gasteiger partial charge in [-0.1, -0.05) is 30.3 Å². The number of carbonyl (C=O) groups excluding carboxylic acids is 2. The van der Waals surface area contributed by atoms with Crippen LogP contribution in [0.4, 0.5) is 11.4 Å². The number of hydrogen-bond donors (Lipinski definition) is 2. The van der Waals surface area contributed by atoms with Crippen LogP contribution < -0.4 is 10.2 Å². The number of benzene rings is 2. The summed E-state index contributed by atoms with van der Waals surface area (Å²) in [5.41, 5.74) is 4.50. The van der Waals surface area contributed by atoms with Crippen molar-refractivity contribution in [2.45, 2.75) is 6.42 Å². The van der Waals surface area contributed by atoms with Gasteiger partial charge < -0.3 is 10.2 Å². The second-order valence-corrected chi connectivity index (χ2v) is 5.96. The summed E-state index contributed by atoms with van der Waals surface area (Å²) in [6.45, 7) is 0. The van der Waals surface area contributed by atoms with Crippen molar-refractivity contribution in [3.63, 3.8) is 0 Å². The maximum absolute atomic E-state index is 12.4. The zero-order valence-electron chi connectivity index (χ0n) is 13.6. The first-order chi connectivity index (χ1) is 12.1. The van der Waals surface area contributed by atoms with Crippen molar-refractivity contribution >= 4 is 23.2 Å². The molecule has 0 saturated carbocycles. The molecule has 2 N–H and O–H groups in total. The lowest BCUT2D eigenvalue weighted by Crippen LogP contribution is -2.20. The van der Waals surface area contributed by atoms with Gasteiger partial charge in [0.1, 0.15) is 5.69 Å². The van der Waals surface area contributed by atoms with E-state index in [2.05, 4.69) is 15.5 Å². The van der Waals surface area contributed by atoms with E-state index in [0.29, 0.717) is 23.5 Å². The van der Waals surface area contributed by atoms with E-state index in [4.69, 9.17) is 0 Å².